The molecule has 0 unspecified atom stereocenters. The van der Waals surface area contributed by atoms with Crippen LogP contribution in [0.25, 0.3) is 0 Å². The van der Waals surface area contributed by atoms with Crippen molar-refractivity contribution in [1.82, 2.24) is 4.98 Å². The Kier molecular flexibility index (Phi) is 6.46. The van der Waals surface area contributed by atoms with Crippen molar-refractivity contribution in [1.29, 1.82) is 0 Å². The molecule has 0 saturated carbocycles. The molecular weight excluding hydrogens is 356 g/mol. The number of methoxy groups -OCH3 is 1. The van der Waals surface area contributed by atoms with Crippen molar-refractivity contribution >= 4 is 11.6 Å². The number of nitrogens with zero attached hydrogens (tertiary/aromatic N) is 1. The van der Waals surface area contributed by atoms with Gasteiger partial charge in [-0.1, -0.05) is 36.4 Å². The number of carbonyl (C=O) groups excluding carboxylic acids is 1. The zero-order valence-electron chi connectivity index (χ0n) is 15.8. The summed E-state index contributed by atoms with van der Waals surface area (Å²) in [5, 5.41) is 2.74. The van der Waals surface area contributed by atoms with Gasteiger partial charge < -0.3 is 19.5 Å². The van der Waals surface area contributed by atoms with E-state index in [0.29, 0.717) is 29.7 Å². The predicted octanol–water partition coefficient (Wildman–Crippen LogP) is 4.00. The molecule has 28 heavy (non-hydrogen) atoms. The second-order valence-electron chi connectivity index (χ2n) is 6.15. The molecule has 0 atom stereocenters. The minimum Gasteiger partial charge on any atom is -0.493 e. The van der Waals surface area contributed by atoms with Gasteiger partial charge in [0, 0.05) is 6.07 Å². The first kappa shape index (κ1) is 19.2. The number of carbonyl (C=O) groups is 1. The van der Waals surface area contributed by atoms with E-state index in [1.165, 1.54) is 0 Å². The molecule has 1 aromatic heterocycles. The number of hydrogen-bond acceptors (Lipinski definition) is 5. The van der Waals surface area contributed by atoms with Gasteiger partial charge in [0.05, 0.1) is 19.0 Å². The molecule has 1 N–H and O–H groups in total. The molecule has 2 aromatic carbocycles. The molecule has 6 nitrogen and oxygen atoms in total. The van der Waals surface area contributed by atoms with Gasteiger partial charge in [0.15, 0.2) is 18.1 Å². The Morgan fingerprint density at radius 3 is 2.54 bits per heavy atom. The van der Waals surface area contributed by atoms with Crippen LogP contribution in [0.15, 0.2) is 66.9 Å². The highest BCUT2D eigenvalue weighted by Crippen LogP contribution is 2.27. The predicted molar refractivity (Wildman–Crippen MR) is 107 cm³/mol. The molecule has 144 valence electrons. The average Bonchev–Trinajstić information content (AvgIpc) is 2.73. The number of amides is 1. The summed E-state index contributed by atoms with van der Waals surface area (Å²) in [7, 11) is 1.56. The smallest absolute Gasteiger partial charge is 0.262 e. The standard InChI is InChI=1S/C22H22N2O4/c1-16-8-10-19(20(12-16)26-2)27-15-21(25)24-18-9-11-22(23-13-18)28-14-17-6-4-3-5-7-17/h3-13H,14-15H2,1-2H3,(H,24,25). The Bertz CT molecular complexity index is 912. The van der Waals surface area contributed by atoms with Gasteiger partial charge in [-0.2, -0.15) is 0 Å². The molecule has 0 bridgehead atoms. The highest BCUT2D eigenvalue weighted by Gasteiger charge is 2.08. The number of nitrogens with one attached hydrogen (secondary N) is 1. The number of rotatable bonds is 8. The highest BCUT2D eigenvalue weighted by molar-refractivity contribution is 5.91. The normalized spacial score (nSPS) is 10.2. The molecule has 0 aliphatic rings. The summed E-state index contributed by atoms with van der Waals surface area (Å²) < 4.78 is 16.4. The van der Waals surface area contributed by atoms with E-state index in [9.17, 15) is 4.79 Å². The van der Waals surface area contributed by atoms with Crippen LogP contribution in [0.2, 0.25) is 0 Å². The van der Waals surface area contributed by atoms with Crippen molar-refractivity contribution in [3.05, 3.63) is 78.0 Å². The van der Waals surface area contributed by atoms with Crippen LogP contribution in [0, 0.1) is 6.92 Å². The lowest BCUT2D eigenvalue weighted by Crippen LogP contribution is -2.20. The second kappa shape index (κ2) is 9.41. The van der Waals surface area contributed by atoms with Crippen molar-refractivity contribution in [3.8, 4) is 17.4 Å². The molecular formula is C22H22N2O4. The van der Waals surface area contributed by atoms with Crippen molar-refractivity contribution in [2.45, 2.75) is 13.5 Å². The van der Waals surface area contributed by atoms with Gasteiger partial charge >= 0.3 is 0 Å². The molecule has 0 aliphatic heterocycles. The summed E-state index contributed by atoms with van der Waals surface area (Å²) >= 11 is 0. The third-order valence-corrected chi connectivity index (χ3v) is 3.93. The first-order valence-corrected chi connectivity index (χ1v) is 8.84. The van der Waals surface area contributed by atoms with Gasteiger partial charge in [0.1, 0.15) is 6.61 Å². The largest absolute Gasteiger partial charge is 0.493 e. The van der Waals surface area contributed by atoms with Crippen LogP contribution in [0.3, 0.4) is 0 Å². The number of ether oxygens (including phenoxy) is 3. The lowest BCUT2D eigenvalue weighted by molar-refractivity contribution is -0.118. The average molecular weight is 378 g/mol. The quantitative estimate of drug-likeness (QED) is 0.642. The molecule has 0 aliphatic carbocycles. The fraction of sp³-hybridized carbons (Fsp3) is 0.182. The molecule has 1 amide bonds. The van der Waals surface area contributed by atoms with E-state index >= 15 is 0 Å². The molecule has 1 heterocycles. The van der Waals surface area contributed by atoms with Gasteiger partial charge in [-0.15, -0.1) is 0 Å². The van der Waals surface area contributed by atoms with E-state index in [4.69, 9.17) is 14.2 Å². The zero-order valence-corrected chi connectivity index (χ0v) is 15.8. The summed E-state index contributed by atoms with van der Waals surface area (Å²) in [6.45, 7) is 2.26. The Hall–Kier alpha value is -3.54. The number of anilines is 1. The molecule has 0 saturated heterocycles. The SMILES string of the molecule is COc1cc(C)ccc1OCC(=O)Nc1ccc(OCc2ccccc2)nc1. The summed E-state index contributed by atoms with van der Waals surface area (Å²) in [6, 6.07) is 18.8. The summed E-state index contributed by atoms with van der Waals surface area (Å²) in [5.41, 5.74) is 2.68. The fourth-order valence-electron chi connectivity index (χ4n) is 2.51. The maximum atomic E-state index is 12.1. The number of aromatic nitrogens is 1. The molecule has 0 spiro atoms. The van der Waals surface area contributed by atoms with E-state index in [1.807, 2.05) is 49.4 Å². The number of benzene rings is 2. The highest BCUT2D eigenvalue weighted by atomic mass is 16.5. The maximum Gasteiger partial charge on any atom is 0.262 e. The Balaban J connectivity index is 1.49. The summed E-state index contributed by atoms with van der Waals surface area (Å²) in [6.07, 6.45) is 1.55. The minimum atomic E-state index is -0.289. The van der Waals surface area contributed by atoms with Crippen LogP contribution < -0.4 is 19.5 Å². The van der Waals surface area contributed by atoms with Crippen LogP contribution >= 0.6 is 0 Å². The molecule has 3 aromatic rings. The number of pyridine rings is 1. The topological polar surface area (TPSA) is 69.7 Å². The number of aryl methyl sites for hydroxylation is 1. The van der Waals surface area contributed by atoms with Gasteiger partial charge in [0.25, 0.3) is 5.91 Å². The molecule has 6 heteroatoms. The lowest BCUT2D eigenvalue weighted by atomic mass is 10.2. The van der Waals surface area contributed by atoms with Crippen molar-refractivity contribution in [2.75, 3.05) is 19.0 Å². The van der Waals surface area contributed by atoms with E-state index in [2.05, 4.69) is 10.3 Å². The van der Waals surface area contributed by atoms with Crippen LogP contribution in [-0.2, 0) is 11.4 Å². The second-order valence-corrected chi connectivity index (χ2v) is 6.15. The minimum absolute atomic E-state index is 0.133. The Morgan fingerprint density at radius 1 is 1.00 bits per heavy atom. The van der Waals surface area contributed by atoms with E-state index in [1.54, 1.807) is 31.5 Å². The van der Waals surface area contributed by atoms with E-state index in [-0.39, 0.29) is 12.5 Å². The Morgan fingerprint density at radius 2 is 1.82 bits per heavy atom. The third-order valence-electron chi connectivity index (χ3n) is 3.93. The third kappa shape index (κ3) is 5.48. The van der Waals surface area contributed by atoms with Crippen molar-refractivity contribution in [2.24, 2.45) is 0 Å². The van der Waals surface area contributed by atoms with Gasteiger partial charge in [-0.3, -0.25) is 4.79 Å². The van der Waals surface area contributed by atoms with Gasteiger partial charge in [-0.05, 0) is 36.2 Å². The zero-order chi connectivity index (χ0) is 19.8. The first-order valence-electron chi connectivity index (χ1n) is 8.84. The van der Waals surface area contributed by atoms with Crippen LogP contribution in [0.5, 0.6) is 17.4 Å². The molecule has 0 radical (unpaired) electrons. The van der Waals surface area contributed by atoms with Crippen LogP contribution in [0.4, 0.5) is 5.69 Å². The van der Waals surface area contributed by atoms with Crippen LogP contribution in [0.1, 0.15) is 11.1 Å². The summed E-state index contributed by atoms with van der Waals surface area (Å²) in [5.74, 6) is 1.31. The fourth-order valence-corrected chi connectivity index (χ4v) is 2.51. The van der Waals surface area contributed by atoms with Crippen molar-refractivity contribution < 1.29 is 19.0 Å². The van der Waals surface area contributed by atoms with Crippen LogP contribution in [-0.4, -0.2) is 24.6 Å². The first-order chi connectivity index (χ1) is 13.6. The number of hydrogen-bond donors (Lipinski definition) is 1. The van der Waals surface area contributed by atoms with Crippen molar-refractivity contribution in [3.63, 3.8) is 0 Å². The molecule has 3 rings (SSSR count). The Labute approximate surface area is 164 Å². The monoisotopic (exact) mass is 378 g/mol. The summed E-state index contributed by atoms with van der Waals surface area (Å²) in [4.78, 5) is 16.3. The maximum absolute atomic E-state index is 12.1. The van der Waals surface area contributed by atoms with E-state index < -0.39 is 0 Å². The van der Waals surface area contributed by atoms with Gasteiger partial charge in [-0.25, -0.2) is 4.98 Å². The van der Waals surface area contributed by atoms with E-state index in [0.717, 1.165) is 11.1 Å². The lowest BCUT2D eigenvalue weighted by Gasteiger charge is -2.11. The van der Waals surface area contributed by atoms with Gasteiger partial charge in [0.2, 0.25) is 5.88 Å². The molecule has 0 fully saturated rings.